The fourth-order valence-electron chi connectivity index (χ4n) is 4.41. The van der Waals surface area contributed by atoms with Crippen LogP contribution in [0.1, 0.15) is 45.1 Å². The van der Waals surface area contributed by atoms with Crippen molar-refractivity contribution < 1.29 is 4.79 Å². The predicted octanol–water partition coefficient (Wildman–Crippen LogP) is 3.57. The number of carbonyl (C=O) groups excluding carboxylic acids is 1. The Hall–Kier alpha value is -1.95. The van der Waals surface area contributed by atoms with Gasteiger partial charge in [-0.05, 0) is 79.5 Å². The van der Waals surface area contributed by atoms with Gasteiger partial charge >= 0.3 is 0 Å². The summed E-state index contributed by atoms with van der Waals surface area (Å²) < 4.78 is 0. The summed E-state index contributed by atoms with van der Waals surface area (Å²) in [5.41, 5.74) is 7.09. The first kappa shape index (κ1) is 24.7. The van der Waals surface area contributed by atoms with Gasteiger partial charge < -0.3 is 21.3 Å². The second kappa shape index (κ2) is 12.3. The van der Waals surface area contributed by atoms with Crippen molar-refractivity contribution >= 4 is 16.7 Å². The summed E-state index contributed by atoms with van der Waals surface area (Å²) in [7, 11) is 0. The van der Waals surface area contributed by atoms with E-state index >= 15 is 0 Å². The van der Waals surface area contributed by atoms with Crippen LogP contribution < -0.4 is 16.4 Å². The molecule has 4 N–H and O–H groups in total. The van der Waals surface area contributed by atoms with Gasteiger partial charge in [0.15, 0.2) is 0 Å². The highest BCUT2D eigenvalue weighted by Crippen LogP contribution is 2.21. The number of likely N-dealkylation sites (tertiary alicyclic amines) is 1. The lowest BCUT2D eigenvalue weighted by atomic mass is 9.94. The Balaban J connectivity index is 1.29. The minimum Gasteiger partial charge on any atom is -0.342 e. The maximum atomic E-state index is 12.9. The first-order chi connectivity index (χ1) is 15.5. The molecule has 0 aliphatic carbocycles. The van der Waals surface area contributed by atoms with Gasteiger partial charge in [-0.1, -0.05) is 56.3 Å². The summed E-state index contributed by atoms with van der Waals surface area (Å²) >= 11 is 0. The zero-order valence-corrected chi connectivity index (χ0v) is 20.0. The highest BCUT2D eigenvalue weighted by molar-refractivity contribution is 5.90. The molecule has 2 aromatic carbocycles. The largest absolute Gasteiger partial charge is 0.342 e. The van der Waals surface area contributed by atoms with E-state index < -0.39 is 0 Å². The summed E-state index contributed by atoms with van der Waals surface area (Å²) in [6, 6.07) is 14.6. The molecule has 0 atom stereocenters. The predicted molar refractivity (Wildman–Crippen MR) is 135 cm³/mol. The van der Waals surface area contributed by atoms with Gasteiger partial charge in [-0.3, -0.25) is 4.79 Å². The van der Waals surface area contributed by atoms with E-state index in [1.807, 2.05) is 12.1 Å². The van der Waals surface area contributed by atoms with E-state index in [2.05, 4.69) is 59.7 Å². The van der Waals surface area contributed by atoms with E-state index in [9.17, 15) is 4.79 Å². The number of benzene rings is 2. The molecule has 1 amide bonds. The first-order valence-electron chi connectivity index (χ1n) is 12.3. The van der Waals surface area contributed by atoms with Crippen molar-refractivity contribution in [1.29, 1.82) is 0 Å². The lowest BCUT2D eigenvalue weighted by molar-refractivity contribution is -0.131. The molecule has 0 spiro atoms. The molecular weight excluding hydrogens is 396 g/mol. The molecule has 32 heavy (non-hydrogen) atoms. The lowest BCUT2D eigenvalue weighted by Gasteiger charge is -2.32. The quantitative estimate of drug-likeness (QED) is 0.443. The van der Waals surface area contributed by atoms with Gasteiger partial charge in [-0.15, -0.1) is 0 Å². The van der Waals surface area contributed by atoms with Crippen molar-refractivity contribution in [2.75, 3.05) is 45.8 Å². The molecule has 5 nitrogen and oxygen atoms in total. The summed E-state index contributed by atoms with van der Waals surface area (Å²) in [5.74, 6) is 0.943. The molecule has 3 rings (SSSR count). The Bertz CT molecular complexity index is 837. The van der Waals surface area contributed by atoms with Crippen LogP contribution >= 0.6 is 0 Å². The van der Waals surface area contributed by atoms with Crippen LogP contribution in [-0.4, -0.2) is 56.6 Å². The van der Waals surface area contributed by atoms with Crippen LogP contribution in [0.4, 0.5) is 0 Å². The van der Waals surface area contributed by atoms with Gasteiger partial charge in [0.25, 0.3) is 0 Å². The van der Waals surface area contributed by atoms with Gasteiger partial charge in [0.2, 0.25) is 5.91 Å². The zero-order chi connectivity index (χ0) is 22.8. The molecule has 176 valence electrons. The fraction of sp³-hybridized carbons (Fsp3) is 0.593. The number of rotatable bonds is 12. The summed E-state index contributed by atoms with van der Waals surface area (Å²) in [6.45, 7) is 11.1. The summed E-state index contributed by atoms with van der Waals surface area (Å²) in [5, 5.41) is 9.54. The number of fused-ring (bicyclic) bond motifs is 1. The zero-order valence-electron chi connectivity index (χ0n) is 20.0. The Morgan fingerprint density at radius 3 is 2.47 bits per heavy atom. The van der Waals surface area contributed by atoms with Crippen LogP contribution in [0.15, 0.2) is 42.5 Å². The normalized spacial score (nSPS) is 15.4. The average molecular weight is 439 g/mol. The average Bonchev–Trinajstić information content (AvgIpc) is 2.81. The monoisotopic (exact) mass is 438 g/mol. The van der Waals surface area contributed by atoms with Crippen LogP contribution in [0.2, 0.25) is 0 Å². The van der Waals surface area contributed by atoms with Crippen molar-refractivity contribution in [1.82, 2.24) is 15.5 Å². The van der Waals surface area contributed by atoms with E-state index in [4.69, 9.17) is 5.73 Å². The number of piperidine rings is 1. The smallest absolute Gasteiger partial charge is 0.227 e. The standard InChI is InChI=1S/C27H42N4O/c1-27(2,20-28)21-30-15-6-5-14-29-19-22-12-16-31(17-13-22)26(32)18-24-10-7-9-23-8-3-4-11-25(23)24/h3-4,7-11,22,29-30H,5-6,12-21,28H2,1-2H3. The number of nitrogens with zero attached hydrogens (tertiary/aromatic N) is 1. The van der Waals surface area contributed by atoms with Crippen molar-refractivity contribution in [3.63, 3.8) is 0 Å². The maximum Gasteiger partial charge on any atom is 0.227 e. The Kier molecular flexibility index (Phi) is 9.51. The Morgan fingerprint density at radius 1 is 1.03 bits per heavy atom. The van der Waals surface area contributed by atoms with Crippen LogP contribution in [0.3, 0.4) is 0 Å². The number of hydrogen-bond donors (Lipinski definition) is 3. The second-order valence-electron chi connectivity index (χ2n) is 10.1. The van der Waals surface area contributed by atoms with Crippen LogP contribution in [-0.2, 0) is 11.2 Å². The summed E-state index contributed by atoms with van der Waals surface area (Å²) in [6.07, 6.45) is 5.09. The van der Waals surface area contributed by atoms with E-state index in [0.29, 0.717) is 12.3 Å². The van der Waals surface area contributed by atoms with Crippen molar-refractivity contribution in [3.05, 3.63) is 48.0 Å². The highest BCUT2D eigenvalue weighted by atomic mass is 16.2. The van der Waals surface area contributed by atoms with E-state index in [1.54, 1.807) is 0 Å². The first-order valence-corrected chi connectivity index (χ1v) is 12.3. The van der Waals surface area contributed by atoms with Crippen molar-refractivity contribution in [2.45, 2.75) is 46.0 Å². The van der Waals surface area contributed by atoms with Crippen LogP contribution in [0.25, 0.3) is 10.8 Å². The summed E-state index contributed by atoms with van der Waals surface area (Å²) in [4.78, 5) is 14.9. The number of nitrogens with one attached hydrogen (secondary N) is 2. The van der Waals surface area contributed by atoms with Gasteiger partial charge in [0, 0.05) is 19.6 Å². The van der Waals surface area contributed by atoms with E-state index in [-0.39, 0.29) is 11.3 Å². The number of carbonyl (C=O) groups is 1. The maximum absolute atomic E-state index is 12.9. The third-order valence-corrected chi connectivity index (χ3v) is 6.74. The molecular formula is C27H42N4O. The minimum absolute atomic E-state index is 0.184. The SMILES string of the molecule is CC(C)(CN)CNCCCCNCC1CCN(C(=O)Cc2cccc3ccccc23)CC1. The van der Waals surface area contributed by atoms with E-state index in [0.717, 1.165) is 64.2 Å². The molecule has 0 radical (unpaired) electrons. The number of amides is 1. The number of nitrogens with two attached hydrogens (primary N) is 1. The molecule has 1 fully saturated rings. The van der Waals surface area contributed by atoms with Crippen LogP contribution in [0, 0.1) is 11.3 Å². The molecule has 1 aliphatic heterocycles. The molecule has 5 heteroatoms. The van der Waals surface area contributed by atoms with Gasteiger partial charge in [-0.25, -0.2) is 0 Å². The molecule has 1 aliphatic rings. The van der Waals surface area contributed by atoms with Gasteiger partial charge in [0.05, 0.1) is 6.42 Å². The van der Waals surface area contributed by atoms with E-state index in [1.165, 1.54) is 23.6 Å². The molecule has 0 aromatic heterocycles. The molecule has 0 unspecified atom stereocenters. The molecule has 0 saturated carbocycles. The fourth-order valence-corrected chi connectivity index (χ4v) is 4.41. The third kappa shape index (κ3) is 7.58. The minimum atomic E-state index is 0.184. The van der Waals surface area contributed by atoms with Crippen molar-refractivity contribution in [3.8, 4) is 0 Å². The molecule has 1 saturated heterocycles. The van der Waals surface area contributed by atoms with Crippen molar-refractivity contribution in [2.24, 2.45) is 17.1 Å². The molecule has 1 heterocycles. The van der Waals surface area contributed by atoms with Gasteiger partial charge in [-0.2, -0.15) is 0 Å². The Labute approximate surface area is 194 Å². The van der Waals surface area contributed by atoms with Crippen LogP contribution in [0.5, 0.6) is 0 Å². The number of unbranched alkanes of at least 4 members (excludes halogenated alkanes) is 1. The Morgan fingerprint density at radius 2 is 1.72 bits per heavy atom. The molecule has 2 aromatic rings. The third-order valence-electron chi connectivity index (χ3n) is 6.74. The molecule has 0 bridgehead atoms. The lowest BCUT2D eigenvalue weighted by Crippen LogP contribution is -2.41. The highest BCUT2D eigenvalue weighted by Gasteiger charge is 2.23. The van der Waals surface area contributed by atoms with Gasteiger partial charge in [0.1, 0.15) is 0 Å². The number of hydrogen-bond acceptors (Lipinski definition) is 4. The topological polar surface area (TPSA) is 70.4 Å². The second-order valence-corrected chi connectivity index (χ2v) is 10.1.